The van der Waals surface area contributed by atoms with Crippen molar-refractivity contribution in [1.29, 1.82) is 0 Å². The van der Waals surface area contributed by atoms with Gasteiger partial charge in [-0.3, -0.25) is 14.9 Å². The van der Waals surface area contributed by atoms with Crippen molar-refractivity contribution < 1.29 is 9.59 Å². The van der Waals surface area contributed by atoms with Gasteiger partial charge in [-0.25, -0.2) is 0 Å². The molecule has 2 rings (SSSR count). The van der Waals surface area contributed by atoms with Crippen LogP contribution in [0.4, 0.5) is 0 Å². The van der Waals surface area contributed by atoms with Gasteiger partial charge in [-0.15, -0.1) is 0 Å². The van der Waals surface area contributed by atoms with Crippen molar-refractivity contribution in [3.05, 3.63) is 0 Å². The highest BCUT2D eigenvalue weighted by Crippen LogP contribution is 2.49. The Morgan fingerprint density at radius 1 is 1.22 bits per heavy atom. The van der Waals surface area contributed by atoms with Gasteiger partial charge >= 0.3 is 0 Å². The molecule has 1 unspecified atom stereocenters. The molecule has 1 N–H and O–H groups in total. The number of piperidine rings is 1. The largest absolute Gasteiger partial charge is 0.296 e. The highest BCUT2D eigenvalue weighted by molar-refractivity contribution is 6.09. The molecule has 0 aromatic rings. The van der Waals surface area contributed by atoms with E-state index in [1.165, 1.54) is 0 Å². The molecule has 2 aliphatic rings. The first kappa shape index (κ1) is 4.97. The van der Waals surface area contributed by atoms with E-state index in [2.05, 4.69) is 5.32 Å². The minimum atomic E-state index is -0.0718. The zero-order chi connectivity index (χ0) is 6.59. The zero-order valence-corrected chi connectivity index (χ0v) is 5.05. The van der Waals surface area contributed by atoms with Crippen LogP contribution in [0, 0.1) is 17.8 Å². The molecule has 1 aliphatic carbocycles. The van der Waals surface area contributed by atoms with Gasteiger partial charge in [-0.05, 0) is 5.92 Å². The van der Waals surface area contributed by atoms with E-state index in [1.54, 1.807) is 0 Å². The van der Waals surface area contributed by atoms with Crippen LogP contribution in [0.15, 0.2) is 0 Å². The Hall–Kier alpha value is -0.860. The Balaban J connectivity index is 2.28. The minimum Gasteiger partial charge on any atom is -0.296 e. The van der Waals surface area contributed by atoms with Gasteiger partial charge < -0.3 is 0 Å². The summed E-state index contributed by atoms with van der Waals surface area (Å²) in [4.78, 5) is 21.4. The topological polar surface area (TPSA) is 46.2 Å². The average Bonchev–Trinajstić information content (AvgIpc) is 2.30. The summed E-state index contributed by atoms with van der Waals surface area (Å²) in [5.74, 6) is 0.219. The molecule has 1 heterocycles. The lowest BCUT2D eigenvalue weighted by molar-refractivity contribution is -0.127. The monoisotopic (exact) mass is 125 g/mol. The van der Waals surface area contributed by atoms with Crippen LogP contribution in [0.25, 0.3) is 0 Å². The molecule has 0 aromatic carbocycles. The SMILES string of the molecule is CC1[C@H]2C(=O)NC(=O)[C@@H]12. The molecule has 3 nitrogen and oxygen atoms in total. The van der Waals surface area contributed by atoms with Crippen LogP contribution in [-0.4, -0.2) is 11.8 Å². The first-order chi connectivity index (χ1) is 4.22. The third-order valence-electron chi connectivity index (χ3n) is 2.23. The van der Waals surface area contributed by atoms with E-state index in [1.807, 2.05) is 6.92 Å². The number of carbonyl (C=O) groups excluding carboxylic acids is 2. The van der Waals surface area contributed by atoms with Crippen LogP contribution in [0.1, 0.15) is 6.92 Å². The summed E-state index contributed by atoms with van der Waals surface area (Å²) in [6, 6.07) is 0. The van der Waals surface area contributed by atoms with Gasteiger partial charge in [0.1, 0.15) is 0 Å². The Kier molecular flexibility index (Phi) is 0.648. The molecule has 9 heavy (non-hydrogen) atoms. The first-order valence-corrected chi connectivity index (χ1v) is 3.06. The van der Waals surface area contributed by atoms with E-state index in [-0.39, 0.29) is 23.7 Å². The fraction of sp³-hybridized carbons (Fsp3) is 0.667. The number of hydrogen-bond acceptors (Lipinski definition) is 2. The second-order valence-corrected chi connectivity index (χ2v) is 2.76. The van der Waals surface area contributed by atoms with Gasteiger partial charge in [0.05, 0.1) is 11.8 Å². The van der Waals surface area contributed by atoms with E-state index in [4.69, 9.17) is 0 Å². The summed E-state index contributed by atoms with van der Waals surface area (Å²) >= 11 is 0. The van der Waals surface area contributed by atoms with Gasteiger partial charge in [0.25, 0.3) is 0 Å². The Bertz CT molecular complexity index is 179. The first-order valence-electron chi connectivity index (χ1n) is 3.06. The molecule has 1 saturated carbocycles. The predicted octanol–water partition coefficient (Wildman–Crippen LogP) is -0.475. The zero-order valence-electron chi connectivity index (χ0n) is 5.05. The third-order valence-corrected chi connectivity index (χ3v) is 2.23. The van der Waals surface area contributed by atoms with Gasteiger partial charge in [0.2, 0.25) is 11.8 Å². The standard InChI is InChI=1S/C6H7NO2/c1-2-3-4(2)6(9)7-5(3)8/h2-4H,1H3,(H,7,8,9)/t2?,3-,4+. The van der Waals surface area contributed by atoms with E-state index in [0.717, 1.165) is 0 Å². The highest BCUT2D eigenvalue weighted by Gasteiger charge is 2.61. The fourth-order valence-electron chi connectivity index (χ4n) is 1.55. The van der Waals surface area contributed by atoms with Crippen LogP contribution < -0.4 is 5.32 Å². The average molecular weight is 125 g/mol. The quantitative estimate of drug-likeness (QED) is 0.445. The maximum Gasteiger partial charge on any atom is 0.230 e. The molecule has 0 spiro atoms. The summed E-state index contributed by atoms with van der Waals surface area (Å²) in [7, 11) is 0. The van der Waals surface area contributed by atoms with E-state index < -0.39 is 0 Å². The summed E-state index contributed by atoms with van der Waals surface area (Å²) in [5, 5.41) is 2.27. The van der Waals surface area contributed by atoms with E-state index in [9.17, 15) is 9.59 Å². The van der Waals surface area contributed by atoms with Crippen LogP contribution in [0.2, 0.25) is 0 Å². The number of rotatable bonds is 0. The van der Waals surface area contributed by atoms with Crippen molar-refractivity contribution in [2.45, 2.75) is 6.92 Å². The molecule has 1 saturated heterocycles. The molecular formula is C6H7NO2. The van der Waals surface area contributed by atoms with Crippen molar-refractivity contribution in [1.82, 2.24) is 5.32 Å². The molecule has 0 radical (unpaired) electrons. The van der Waals surface area contributed by atoms with Gasteiger partial charge in [0, 0.05) is 0 Å². The third kappa shape index (κ3) is 0.422. The number of amides is 2. The van der Waals surface area contributed by atoms with Gasteiger partial charge in [0.15, 0.2) is 0 Å². The Morgan fingerprint density at radius 2 is 1.67 bits per heavy atom. The lowest BCUT2D eigenvalue weighted by Gasteiger charge is -1.94. The van der Waals surface area contributed by atoms with Crippen molar-refractivity contribution in [2.24, 2.45) is 17.8 Å². The molecular weight excluding hydrogens is 118 g/mol. The van der Waals surface area contributed by atoms with Crippen molar-refractivity contribution in [3.8, 4) is 0 Å². The second kappa shape index (κ2) is 1.17. The Morgan fingerprint density at radius 3 is 1.89 bits per heavy atom. The molecule has 2 amide bonds. The maximum atomic E-state index is 10.7. The minimum absolute atomic E-state index is 0.0255. The van der Waals surface area contributed by atoms with Crippen LogP contribution in [0.3, 0.4) is 0 Å². The van der Waals surface area contributed by atoms with Crippen molar-refractivity contribution >= 4 is 11.8 Å². The summed E-state index contributed by atoms with van der Waals surface area (Å²) in [6.07, 6.45) is 0. The molecule has 0 aromatic heterocycles. The smallest absolute Gasteiger partial charge is 0.230 e. The number of hydrogen-bond donors (Lipinski definition) is 1. The summed E-state index contributed by atoms with van der Waals surface area (Å²) in [5.41, 5.74) is 0. The molecule has 3 atom stereocenters. The normalized spacial score (nSPS) is 46.6. The predicted molar refractivity (Wildman–Crippen MR) is 29.3 cm³/mol. The Labute approximate surface area is 52.4 Å². The number of imide groups is 1. The van der Waals surface area contributed by atoms with E-state index >= 15 is 0 Å². The molecule has 1 aliphatic heterocycles. The fourth-order valence-corrected chi connectivity index (χ4v) is 1.55. The van der Waals surface area contributed by atoms with Crippen LogP contribution >= 0.6 is 0 Å². The molecule has 3 heteroatoms. The van der Waals surface area contributed by atoms with Crippen LogP contribution in [-0.2, 0) is 9.59 Å². The summed E-state index contributed by atoms with van der Waals surface area (Å²) < 4.78 is 0. The van der Waals surface area contributed by atoms with Crippen molar-refractivity contribution in [3.63, 3.8) is 0 Å². The van der Waals surface area contributed by atoms with Crippen molar-refractivity contribution in [2.75, 3.05) is 0 Å². The van der Waals surface area contributed by atoms with Gasteiger partial charge in [-0.2, -0.15) is 0 Å². The van der Waals surface area contributed by atoms with Gasteiger partial charge in [-0.1, -0.05) is 6.92 Å². The highest BCUT2D eigenvalue weighted by atomic mass is 16.2. The number of carbonyl (C=O) groups is 2. The molecule has 2 fully saturated rings. The van der Waals surface area contributed by atoms with E-state index in [0.29, 0.717) is 5.92 Å². The number of fused-ring (bicyclic) bond motifs is 1. The molecule has 48 valence electrons. The van der Waals surface area contributed by atoms with Crippen LogP contribution in [0.5, 0.6) is 0 Å². The maximum absolute atomic E-state index is 10.7. The molecule has 0 bridgehead atoms. The summed E-state index contributed by atoms with van der Waals surface area (Å²) in [6.45, 7) is 1.94. The lowest BCUT2D eigenvalue weighted by atomic mass is 10.3. The second-order valence-electron chi connectivity index (χ2n) is 2.76. The number of nitrogens with one attached hydrogen (secondary N) is 1. The lowest BCUT2D eigenvalue weighted by Crippen LogP contribution is -2.26.